The summed E-state index contributed by atoms with van der Waals surface area (Å²) in [6.45, 7) is 0. The molecule has 1 saturated carbocycles. The van der Waals surface area contributed by atoms with E-state index in [4.69, 9.17) is 9.52 Å². The Morgan fingerprint density at radius 3 is 2.62 bits per heavy atom. The number of carbonyl (C=O) groups excluding carboxylic acids is 1. The summed E-state index contributed by atoms with van der Waals surface area (Å²) >= 11 is 0. The highest BCUT2D eigenvalue weighted by molar-refractivity contribution is 6.06. The second kappa shape index (κ2) is 6.48. The van der Waals surface area contributed by atoms with Crippen molar-refractivity contribution < 1.29 is 19.1 Å². The lowest BCUT2D eigenvalue weighted by Crippen LogP contribution is -2.48. The highest BCUT2D eigenvalue weighted by Crippen LogP contribution is 2.33. The molecular formula is C21H21NO4. The second-order valence-electron chi connectivity index (χ2n) is 7.19. The SMILES string of the molecule is O=C(O)CC1(NC(=O)Cc2cc3c(ccc4ccccc43)o2)CCCC1. The minimum Gasteiger partial charge on any atom is -0.481 e. The van der Waals surface area contributed by atoms with Gasteiger partial charge in [0.1, 0.15) is 11.3 Å². The molecule has 0 spiro atoms. The maximum absolute atomic E-state index is 12.5. The number of rotatable bonds is 5. The number of furan rings is 1. The lowest BCUT2D eigenvalue weighted by atomic mass is 9.93. The van der Waals surface area contributed by atoms with Crippen LogP contribution < -0.4 is 5.32 Å². The highest BCUT2D eigenvalue weighted by atomic mass is 16.4. The number of carbonyl (C=O) groups is 2. The normalized spacial score (nSPS) is 16.2. The maximum Gasteiger partial charge on any atom is 0.305 e. The molecule has 26 heavy (non-hydrogen) atoms. The number of fused-ring (bicyclic) bond motifs is 3. The summed E-state index contributed by atoms with van der Waals surface area (Å²) < 4.78 is 5.85. The van der Waals surface area contributed by atoms with E-state index in [9.17, 15) is 9.59 Å². The van der Waals surface area contributed by atoms with E-state index in [0.717, 1.165) is 47.4 Å². The van der Waals surface area contributed by atoms with Crippen LogP contribution in [0.4, 0.5) is 0 Å². The number of hydrogen-bond donors (Lipinski definition) is 2. The zero-order chi connectivity index (χ0) is 18.1. The molecule has 0 saturated heterocycles. The van der Waals surface area contributed by atoms with Crippen LogP contribution in [-0.2, 0) is 16.0 Å². The van der Waals surface area contributed by atoms with Crippen molar-refractivity contribution in [2.45, 2.75) is 44.1 Å². The predicted molar refractivity (Wildman–Crippen MR) is 99.0 cm³/mol. The van der Waals surface area contributed by atoms with Crippen LogP contribution in [0.3, 0.4) is 0 Å². The smallest absolute Gasteiger partial charge is 0.305 e. The third-order valence-corrected chi connectivity index (χ3v) is 5.27. The van der Waals surface area contributed by atoms with Crippen LogP contribution in [0.25, 0.3) is 21.7 Å². The first-order chi connectivity index (χ1) is 12.5. The Morgan fingerprint density at radius 2 is 1.85 bits per heavy atom. The Hall–Kier alpha value is -2.82. The molecule has 2 N–H and O–H groups in total. The summed E-state index contributed by atoms with van der Waals surface area (Å²) in [5.41, 5.74) is 0.148. The van der Waals surface area contributed by atoms with Crippen LogP contribution in [0.2, 0.25) is 0 Å². The molecule has 0 atom stereocenters. The fourth-order valence-corrected chi connectivity index (χ4v) is 4.12. The molecule has 0 unspecified atom stereocenters. The van der Waals surface area contributed by atoms with Crippen molar-refractivity contribution in [3.8, 4) is 0 Å². The third-order valence-electron chi connectivity index (χ3n) is 5.27. The van der Waals surface area contributed by atoms with Crippen molar-refractivity contribution in [2.75, 3.05) is 0 Å². The first-order valence-corrected chi connectivity index (χ1v) is 8.98. The van der Waals surface area contributed by atoms with Gasteiger partial charge in [0.25, 0.3) is 0 Å². The van der Waals surface area contributed by atoms with Crippen molar-refractivity contribution >= 4 is 33.6 Å². The van der Waals surface area contributed by atoms with Crippen molar-refractivity contribution in [1.29, 1.82) is 0 Å². The summed E-state index contributed by atoms with van der Waals surface area (Å²) in [6.07, 6.45) is 3.42. The molecule has 1 fully saturated rings. The lowest BCUT2D eigenvalue weighted by molar-refractivity contribution is -0.139. The Kier molecular flexibility index (Phi) is 4.15. The minimum absolute atomic E-state index is 0.0243. The van der Waals surface area contributed by atoms with Gasteiger partial charge >= 0.3 is 5.97 Å². The van der Waals surface area contributed by atoms with E-state index >= 15 is 0 Å². The molecule has 0 aliphatic heterocycles. The van der Waals surface area contributed by atoms with Gasteiger partial charge in [-0.15, -0.1) is 0 Å². The van der Waals surface area contributed by atoms with Gasteiger partial charge in [0.15, 0.2) is 0 Å². The van der Waals surface area contributed by atoms with E-state index in [1.165, 1.54) is 0 Å². The fourth-order valence-electron chi connectivity index (χ4n) is 4.12. The van der Waals surface area contributed by atoms with Crippen LogP contribution in [0.1, 0.15) is 37.9 Å². The van der Waals surface area contributed by atoms with Gasteiger partial charge in [-0.2, -0.15) is 0 Å². The van der Waals surface area contributed by atoms with Gasteiger partial charge in [0.2, 0.25) is 5.91 Å². The van der Waals surface area contributed by atoms with E-state index in [1.54, 1.807) is 0 Å². The molecule has 4 rings (SSSR count). The van der Waals surface area contributed by atoms with Crippen LogP contribution in [0.5, 0.6) is 0 Å². The monoisotopic (exact) mass is 351 g/mol. The second-order valence-corrected chi connectivity index (χ2v) is 7.19. The maximum atomic E-state index is 12.5. The molecule has 3 aromatic rings. The summed E-state index contributed by atoms with van der Waals surface area (Å²) in [6, 6.07) is 13.9. The molecule has 2 aromatic carbocycles. The molecule has 0 radical (unpaired) electrons. The molecule has 1 amide bonds. The number of benzene rings is 2. The quantitative estimate of drug-likeness (QED) is 0.727. The Bertz CT molecular complexity index is 982. The van der Waals surface area contributed by atoms with Gasteiger partial charge < -0.3 is 14.8 Å². The van der Waals surface area contributed by atoms with E-state index in [-0.39, 0.29) is 18.7 Å². The summed E-state index contributed by atoms with van der Waals surface area (Å²) in [4.78, 5) is 23.7. The summed E-state index contributed by atoms with van der Waals surface area (Å²) in [5.74, 6) is -0.462. The number of carboxylic acid groups (broad SMARTS) is 1. The van der Waals surface area contributed by atoms with E-state index in [2.05, 4.69) is 5.32 Å². The van der Waals surface area contributed by atoms with Crippen molar-refractivity contribution in [2.24, 2.45) is 0 Å². The van der Waals surface area contributed by atoms with Gasteiger partial charge in [-0.05, 0) is 35.7 Å². The van der Waals surface area contributed by atoms with E-state index in [1.807, 2.05) is 42.5 Å². The molecule has 1 aliphatic carbocycles. The molecule has 5 heteroatoms. The van der Waals surface area contributed by atoms with Crippen molar-refractivity contribution in [3.63, 3.8) is 0 Å². The number of nitrogens with one attached hydrogen (secondary N) is 1. The topological polar surface area (TPSA) is 79.5 Å². The third kappa shape index (κ3) is 3.17. The van der Waals surface area contributed by atoms with Crippen molar-refractivity contribution in [3.05, 3.63) is 48.2 Å². The van der Waals surface area contributed by atoms with Crippen molar-refractivity contribution in [1.82, 2.24) is 5.32 Å². The Morgan fingerprint density at radius 1 is 1.08 bits per heavy atom. The van der Waals surface area contributed by atoms with Crippen LogP contribution in [-0.4, -0.2) is 22.5 Å². The van der Waals surface area contributed by atoms with Gasteiger partial charge in [0.05, 0.1) is 18.4 Å². The molecular weight excluding hydrogens is 330 g/mol. The number of carboxylic acids is 1. The zero-order valence-electron chi connectivity index (χ0n) is 14.5. The Balaban J connectivity index is 1.56. The van der Waals surface area contributed by atoms with Gasteiger partial charge in [-0.1, -0.05) is 43.2 Å². The van der Waals surface area contributed by atoms with E-state index in [0.29, 0.717) is 5.76 Å². The predicted octanol–water partition coefficient (Wildman–Crippen LogP) is 4.03. The fraction of sp³-hybridized carbons (Fsp3) is 0.333. The van der Waals surface area contributed by atoms with Crippen LogP contribution in [0.15, 0.2) is 46.9 Å². The highest BCUT2D eigenvalue weighted by Gasteiger charge is 2.37. The Labute approximate surface area is 151 Å². The number of hydrogen-bond acceptors (Lipinski definition) is 3. The molecule has 1 aromatic heterocycles. The van der Waals surface area contributed by atoms with Crippen LogP contribution >= 0.6 is 0 Å². The standard InChI is InChI=1S/C21H21NO4/c23-19(22-21(13-20(24)25)9-3-4-10-21)12-15-11-17-16-6-2-1-5-14(16)7-8-18(17)26-15/h1-2,5-8,11H,3-4,9-10,12-13H2,(H,22,23)(H,24,25). The molecule has 1 heterocycles. The molecule has 134 valence electrons. The minimum atomic E-state index is -0.873. The first-order valence-electron chi connectivity index (χ1n) is 8.98. The summed E-state index contributed by atoms with van der Waals surface area (Å²) in [7, 11) is 0. The summed E-state index contributed by atoms with van der Waals surface area (Å²) in [5, 5.41) is 15.4. The average Bonchev–Trinajstić information content (AvgIpc) is 3.20. The molecule has 5 nitrogen and oxygen atoms in total. The number of amides is 1. The molecule has 1 aliphatic rings. The first kappa shape index (κ1) is 16.6. The zero-order valence-corrected chi connectivity index (χ0v) is 14.5. The van der Waals surface area contributed by atoms with Gasteiger partial charge in [-0.25, -0.2) is 0 Å². The molecule has 0 bridgehead atoms. The van der Waals surface area contributed by atoms with E-state index < -0.39 is 11.5 Å². The average molecular weight is 351 g/mol. The van der Waals surface area contributed by atoms with Gasteiger partial charge in [-0.3, -0.25) is 9.59 Å². The number of aliphatic carboxylic acids is 1. The largest absolute Gasteiger partial charge is 0.481 e. The van der Waals surface area contributed by atoms with Crippen LogP contribution in [0, 0.1) is 0 Å². The lowest BCUT2D eigenvalue weighted by Gasteiger charge is -2.28. The van der Waals surface area contributed by atoms with Gasteiger partial charge in [0, 0.05) is 5.39 Å².